The van der Waals surface area contributed by atoms with Crippen LogP contribution in [0.15, 0.2) is 55.0 Å². The molecule has 0 N–H and O–H groups in total. The quantitative estimate of drug-likeness (QED) is 0.206. The van der Waals surface area contributed by atoms with Crippen LogP contribution >= 0.6 is 11.6 Å². The normalized spacial score (nSPS) is 18.8. The molecule has 2 aromatic carbocycles. The Morgan fingerprint density at radius 3 is 2.70 bits per heavy atom. The van der Waals surface area contributed by atoms with E-state index < -0.39 is 23.6 Å². The van der Waals surface area contributed by atoms with E-state index in [2.05, 4.69) is 41.4 Å². The van der Waals surface area contributed by atoms with Crippen molar-refractivity contribution in [2.24, 2.45) is 0 Å². The number of likely N-dealkylation sites (tertiary alicyclic amines) is 1. The molecule has 12 heteroatoms. The summed E-state index contributed by atoms with van der Waals surface area (Å²) in [4.78, 5) is 31.9. The molecule has 6 rings (SSSR count). The summed E-state index contributed by atoms with van der Waals surface area (Å²) in [5, 5.41) is 11.8. The summed E-state index contributed by atoms with van der Waals surface area (Å²) in [6.45, 7) is 9.26. The van der Waals surface area contributed by atoms with E-state index in [9.17, 15) is 14.4 Å². The second kappa shape index (κ2) is 13.1. The zero-order valence-electron chi connectivity index (χ0n) is 25.7. The van der Waals surface area contributed by atoms with Gasteiger partial charge in [0.05, 0.1) is 23.9 Å². The lowest BCUT2D eigenvalue weighted by atomic mass is 10.0. The van der Waals surface area contributed by atoms with Crippen LogP contribution < -0.4 is 9.64 Å². The van der Waals surface area contributed by atoms with E-state index >= 15 is 4.39 Å². The number of piperazine rings is 1. The Morgan fingerprint density at radius 2 is 1.96 bits per heavy atom. The van der Waals surface area contributed by atoms with Gasteiger partial charge in [-0.3, -0.25) is 14.7 Å². The fourth-order valence-electron chi connectivity index (χ4n) is 6.65. The number of nitrogens with zero attached hydrogens (tertiary/aromatic N) is 7. The van der Waals surface area contributed by atoms with E-state index in [-0.39, 0.29) is 49.3 Å². The molecule has 2 atom stereocenters. The number of anilines is 1. The SMILES string of the molecule is C=C(F)C(=O)N1CCN(c2nc(OCC3CCCN3C(C)C)nc3c(F)c(-c4cccc5cccc(Cl)c45)ncc23)C[C@@H]1CC#N. The van der Waals surface area contributed by atoms with Crippen molar-refractivity contribution < 1.29 is 18.3 Å². The van der Waals surface area contributed by atoms with Crippen LogP contribution in [0.3, 0.4) is 0 Å². The zero-order valence-corrected chi connectivity index (χ0v) is 26.5. The maximum atomic E-state index is 16.7. The van der Waals surface area contributed by atoms with Crippen LogP contribution in [0.1, 0.15) is 33.1 Å². The van der Waals surface area contributed by atoms with E-state index in [4.69, 9.17) is 21.3 Å². The molecule has 1 unspecified atom stereocenters. The molecule has 0 radical (unpaired) electrons. The molecule has 4 aromatic rings. The molecule has 0 spiro atoms. The second-order valence-electron chi connectivity index (χ2n) is 12.0. The minimum atomic E-state index is -1.09. The Kier molecular flexibility index (Phi) is 9.02. The Hall–Kier alpha value is -4.40. The van der Waals surface area contributed by atoms with Gasteiger partial charge < -0.3 is 14.5 Å². The van der Waals surface area contributed by atoms with Gasteiger partial charge in [-0.2, -0.15) is 15.2 Å². The Bertz CT molecular complexity index is 1860. The molecule has 46 heavy (non-hydrogen) atoms. The third-order valence-corrected chi connectivity index (χ3v) is 9.16. The van der Waals surface area contributed by atoms with Crippen molar-refractivity contribution in [3.05, 3.63) is 65.8 Å². The summed E-state index contributed by atoms with van der Waals surface area (Å²) >= 11 is 6.58. The number of fused-ring (bicyclic) bond motifs is 2. The van der Waals surface area contributed by atoms with Gasteiger partial charge in [0.25, 0.3) is 5.91 Å². The van der Waals surface area contributed by atoms with E-state index in [0.717, 1.165) is 24.8 Å². The van der Waals surface area contributed by atoms with Crippen molar-refractivity contribution in [1.82, 2.24) is 24.8 Å². The fourth-order valence-corrected chi connectivity index (χ4v) is 6.93. The molecule has 0 saturated carbocycles. The number of amides is 1. The van der Waals surface area contributed by atoms with Gasteiger partial charge >= 0.3 is 6.01 Å². The third kappa shape index (κ3) is 5.95. The molecule has 4 heterocycles. The molecule has 0 bridgehead atoms. The topological polar surface area (TPSA) is 98.5 Å². The molecule has 2 saturated heterocycles. The lowest BCUT2D eigenvalue weighted by Crippen LogP contribution is -2.55. The van der Waals surface area contributed by atoms with Gasteiger partial charge in [-0.25, -0.2) is 8.78 Å². The number of nitriles is 1. The van der Waals surface area contributed by atoms with Gasteiger partial charge in [-0.1, -0.05) is 48.5 Å². The monoisotopic (exact) mass is 645 g/mol. The van der Waals surface area contributed by atoms with Gasteiger partial charge in [-0.15, -0.1) is 0 Å². The van der Waals surface area contributed by atoms with Gasteiger partial charge in [0.1, 0.15) is 23.6 Å². The maximum Gasteiger partial charge on any atom is 0.319 e. The van der Waals surface area contributed by atoms with Crippen LogP contribution in [-0.4, -0.2) is 81.6 Å². The minimum absolute atomic E-state index is 0.0117. The third-order valence-electron chi connectivity index (χ3n) is 8.85. The number of benzene rings is 2. The molecular formula is C34H34ClF2N7O2. The average molecular weight is 646 g/mol. The van der Waals surface area contributed by atoms with Gasteiger partial charge in [-0.05, 0) is 44.7 Å². The van der Waals surface area contributed by atoms with Crippen molar-refractivity contribution in [1.29, 1.82) is 5.26 Å². The van der Waals surface area contributed by atoms with Gasteiger partial charge in [0.2, 0.25) is 0 Å². The standard InChI is InChI=1S/C34H34ClF2N7O2/c1-20(2)43-14-6-9-24(43)19-46-34-40-31-26(32(41-34)42-15-16-44(33(45)21(3)36)23(18-42)12-13-38)17-39-30(29(31)37)25-10-4-7-22-8-5-11-27(35)28(22)25/h4-5,7-8,10-11,17,20,23-24H,3,6,9,12,14-16,18-19H2,1-2H3/t23-,24?/m0/s1. The smallest absolute Gasteiger partial charge is 0.319 e. The Balaban J connectivity index is 1.44. The number of aromatic nitrogens is 3. The fraction of sp³-hybridized carbons (Fsp3) is 0.382. The molecule has 2 aliphatic rings. The highest BCUT2D eigenvalue weighted by Crippen LogP contribution is 2.38. The Labute approximate surface area is 271 Å². The number of hydrogen-bond acceptors (Lipinski definition) is 8. The summed E-state index contributed by atoms with van der Waals surface area (Å²) in [6, 6.07) is 13.0. The minimum Gasteiger partial charge on any atom is -0.462 e. The maximum absolute atomic E-state index is 16.7. The lowest BCUT2D eigenvalue weighted by molar-refractivity contribution is -0.131. The number of halogens is 3. The van der Waals surface area contributed by atoms with Crippen LogP contribution in [0.5, 0.6) is 6.01 Å². The number of pyridine rings is 1. The summed E-state index contributed by atoms with van der Waals surface area (Å²) in [6.07, 6.45) is 3.52. The highest BCUT2D eigenvalue weighted by molar-refractivity contribution is 6.36. The molecule has 2 aromatic heterocycles. The predicted octanol–water partition coefficient (Wildman–Crippen LogP) is 6.30. The first-order valence-electron chi connectivity index (χ1n) is 15.4. The summed E-state index contributed by atoms with van der Waals surface area (Å²) < 4.78 is 36.7. The van der Waals surface area contributed by atoms with Crippen molar-refractivity contribution in [3.63, 3.8) is 0 Å². The summed E-state index contributed by atoms with van der Waals surface area (Å²) in [5.41, 5.74) is 0.632. The Morgan fingerprint density at radius 1 is 1.17 bits per heavy atom. The van der Waals surface area contributed by atoms with E-state index in [1.807, 2.05) is 29.2 Å². The van der Waals surface area contributed by atoms with Crippen molar-refractivity contribution in [3.8, 4) is 23.3 Å². The van der Waals surface area contributed by atoms with Crippen LogP contribution in [0.2, 0.25) is 5.02 Å². The second-order valence-corrected chi connectivity index (χ2v) is 12.4. The first-order valence-corrected chi connectivity index (χ1v) is 15.7. The molecule has 0 aliphatic carbocycles. The molecule has 2 fully saturated rings. The van der Waals surface area contributed by atoms with E-state index in [1.54, 1.807) is 12.1 Å². The molecule has 2 aliphatic heterocycles. The highest BCUT2D eigenvalue weighted by Gasteiger charge is 2.34. The van der Waals surface area contributed by atoms with E-state index in [1.165, 1.54) is 11.1 Å². The van der Waals surface area contributed by atoms with Gasteiger partial charge in [0, 0.05) is 53.9 Å². The first kappa shape index (κ1) is 31.6. The molecular weight excluding hydrogens is 612 g/mol. The number of rotatable bonds is 8. The number of carbonyl (C=O) groups excluding carboxylic acids is 1. The summed E-state index contributed by atoms with van der Waals surface area (Å²) in [7, 11) is 0. The number of ether oxygens (including phenoxy) is 1. The van der Waals surface area contributed by atoms with E-state index in [0.29, 0.717) is 39.8 Å². The van der Waals surface area contributed by atoms with Crippen LogP contribution in [0.4, 0.5) is 14.6 Å². The van der Waals surface area contributed by atoms with Crippen molar-refractivity contribution in [2.75, 3.05) is 37.7 Å². The zero-order chi connectivity index (χ0) is 32.5. The molecule has 238 valence electrons. The lowest BCUT2D eigenvalue weighted by Gasteiger charge is -2.41. The molecule has 1 amide bonds. The van der Waals surface area contributed by atoms with Gasteiger partial charge in [0.15, 0.2) is 11.6 Å². The summed E-state index contributed by atoms with van der Waals surface area (Å²) in [5.74, 6) is -2.24. The van der Waals surface area contributed by atoms with Crippen molar-refractivity contribution in [2.45, 2.75) is 51.2 Å². The largest absolute Gasteiger partial charge is 0.462 e. The van der Waals surface area contributed by atoms with Crippen molar-refractivity contribution >= 4 is 45.0 Å². The van der Waals surface area contributed by atoms with Crippen LogP contribution in [0.25, 0.3) is 32.9 Å². The molecule has 9 nitrogen and oxygen atoms in total. The predicted molar refractivity (Wildman–Crippen MR) is 174 cm³/mol. The number of carbonyl (C=O) groups is 1. The highest BCUT2D eigenvalue weighted by atomic mass is 35.5. The average Bonchev–Trinajstić information content (AvgIpc) is 3.53. The van der Waals surface area contributed by atoms with Crippen LogP contribution in [0, 0.1) is 17.1 Å². The number of hydrogen-bond donors (Lipinski definition) is 0. The van der Waals surface area contributed by atoms with Crippen LogP contribution in [-0.2, 0) is 4.79 Å². The first-order chi connectivity index (χ1) is 22.2.